The first-order valence-corrected chi connectivity index (χ1v) is 10.2. The van der Waals surface area contributed by atoms with Crippen LogP contribution in [-0.4, -0.2) is 58.0 Å². The summed E-state index contributed by atoms with van der Waals surface area (Å²) in [6, 6.07) is 0. The molecule has 0 aliphatic rings. The molecule has 0 aromatic carbocycles. The molecule has 0 aromatic rings. The standard InChI is InChI=1S/C21H34O9/c1-21(2,28)12-11-18(24)30-19(25)15-16(20(26)27)9-10-17(23)29-14-8-6-4-3-5-7-13-22/h11-12,16,22,28H,3-10,13-15H2,1-2H3,(H,26,27)/b12-11+. The smallest absolute Gasteiger partial charge is 0.338 e. The summed E-state index contributed by atoms with van der Waals surface area (Å²) < 4.78 is 9.55. The van der Waals surface area contributed by atoms with E-state index in [1.165, 1.54) is 13.8 Å². The van der Waals surface area contributed by atoms with Crippen LogP contribution in [0.25, 0.3) is 0 Å². The minimum absolute atomic E-state index is 0.113. The topological polar surface area (TPSA) is 147 Å². The molecule has 9 nitrogen and oxygen atoms in total. The molecule has 0 saturated carbocycles. The summed E-state index contributed by atoms with van der Waals surface area (Å²) in [6.45, 7) is 3.30. The SMILES string of the molecule is CC(C)(O)/C=C/C(=O)OC(=O)CC(CCC(=O)OCCCCCCCCO)C(=O)O. The van der Waals surface area contributed by atoms with E-state index in [-0.39, 0.29) is 26.1 Å². The summed E-state index contributed by atoms with van der Waals surface area (Å²) in [6.07, 6.45) is 6.57. The van der Waals surface area contributed by atoms with E-state index < -0.39 is 41.8 Å². The second kappa shape index (κ2) is 15.6. The van der Waals surface area contributed by atoms with Crippen molar-refractivity contribution in [2.75, 3.05) is 13.2 Å². The van der Waals surface area contributed by atoms with E-state index in [9.17, 15) is 29.4 Å². The molecule has 0 amide bonds. The Labute approximate surface area is 177 Å². The third-order valence-corrected chi connectivity index (χ3v) is 4.12. The molecule has 0 heterocycles. The maximum atomic E-state index is 11.7. The molecule has 30 heavy (non-hydrogen) atoms. The molecule has 0 spiro atoms. The summed E-state index contributed by atoms with van der Waals surface area (Å²) in [5, 5.41) is 27.4. The number of hydrogen-bond donors (Lipinski definition) is 3. The minimum atomic E-state index is -1.28. The lowest BCUT2D eigenvalue weighted by Crippen LogP contribution is -2.22. The number of carbonyl (C=O) groups is 4. The Balaban J connectivity index is 4.15. The van der Waals surface area contributed by atoms with E-state index in [1.54, 1.807) is 0 Å². The fraction of sp³-hybridized carbons (Fsp3) is 0.714. The van der Waals surface area contributed by atoms with Gasteiger partial charge in [-0.3, -0.25) is 14.4 Å². The molecule has 0 bridgehead atoms. The third-order valence-electron chi connectivity index (χ3n) is 4.12. The van der Waals surface area contributed by atoms with E-state index in [4.69, 9.17) is 9.84 Å². The normalized spacial score (nSPS) is 12.5. The molecular weight excluding hydrogens is 396 g/mol. The Morgan fingerprint density at radius 2 is 1.57 bits per heavy atom. The van der Waals surface area contributed by atoms with Gasteiger partial charge in [0.05, 0.1) is 24.5 Å². The van der Waals surface area contributed by atoms with E-state index in [0.717, 1.165) is 44.3 Å². The highest BCUT2D eigenvalue weighted by Gasteiger charge is 2.24. The predicted octanol–water partition coefficient (Wildman–Crippen LogP) is 2.13. The number of carbonyl (C=O) groups excluding carboxylic acids is 3. The van der Waals surface area contributed by atoms with Crippen molar-refractivity contribution in [1.82, 2.24) is 0 Å². The lowest BCUT2D eigenvalue weighted by Gasteiger charge is -2.11. The van der Waals surface area contributed by atoms with Crippen LogP contribution in [0.2, 0.25) is 0 Å². The van der Waals surface area contributed by atoms with Gasteiger partial charge >= 0.3 is 23.9 Å². The molecule has 1 unspecified atom stereocenters. The summed E-state index contributed by atoms with van der Waals surface area (Å²) in [5.41, 5.74) is -1.26. The number of unbranched alkanes of at least 4 members (excludes halogenated alkanes) is 5. The average molecular weight is 430 g/mol. The number of aliphatic carboxylic acids is 1. The number of carboxylic acid groups (broad SMARTS) is 1. The Kier molecular flexibility index (Phi) is 14.4. The van der Waals surface area contributed by atoms with Crippen LogP contribution < -0.4 is 0 Å². The van der Waals surface area contributed by atoms with Gasteiger partial charge < -0.3 is 24.8 Å². The van der Waals surface area contributed by atoms with Crippen LogP contribution in [0, 0.1) is 5.92 Å². The van der Waals surface area contributed by atoms with Crippen molar-refractivity contribution in [2.45, 2.75) is 77.2 Å². The van der Waals surface area contributed by atoms with Crippen LogP contribution in [0.5, 0.6) is 0 Å². The van der Waals surface area contributed by atoms with Crippen molar-refractivity contribution < 1.29 is 44.0 Å². The largest absolute Gasteiger partial charge is 0.481 e. The van der Waals surface area contributed by atoms with Gasteiger partial charge in [-0.1, -0.05) is 25.7 Å². The summed E-state index contributed by atoms with van der Waals surface area (Å²) >= 11 is 0. The van der Waals surface area contributed by atoms with Crippen LogP contribution in [-0.2, 0) is 28.7 Å². The Morgan fingerprint density at radius 3 is 2.13 bits per heavy atom. The van der Waals surface area contributed by atoms with Crippen molar-refractivity contribution in [3.63, 3.8) is 0 Å². The highest BCUT2D eigenvalue weighted by Crippen LogP contribution is 2.14. The molecule has 3 N–H and O–H groups in total. The molecule has 9 heteroatoms. The number of ether oxygens (including phenoxy) is 2. The summed E-state index contributed by atoms with van der Waals surface area (Å²) in [5.74, 6) is -5.03. The second-order valence-corrected chi connectivity index (χ2v) is 7.62. The first-order valence-electron chi connectivity index (χ1n) is 10.2. The van der Waals surface area contributed by atoms with Crippen LogP contribution in [0.3, 0.4) is 0 Å². The lowest BCUT2D eigenvalue weighted by molar-refractivity contribution is -0.160. The van der Waals surface area contributed by atoms with Gasteiger partial charge in [0.15, 0.2) is 0 Å². The van der Waals surface area contributed by atoms with Crippen LogP contribution in [0.1, 0.15) is 71.6 Å². The molecule has 0 aliphatic heterocycles. The van der Waals surface area contributed by atoms with Crippen molar-refractivity contribution in [3.05, 3.63) is 12.2 Å². The Morgan fingerprint density at radius 1 is 0.967 bits per heavy atom. The van der Waals surface area contributed by atoms with Gasteiger partial charge in [-0.2, -0.15) is 0 Å². The van der Waals surface area contributed by atoms with Crippen molar-refractivity contribution in [3.8, 4) is 0 Å². The average Bonchev–Trinajstić information content (AvgIpc) is 2.64. The van der Waals surface area contributed by atoms with Crippen LogP contribution in [0.4, 0.5) is 0 Å². The number of rotatable bonds is 16. The molecular formula is C21H34O9. The zero-order chi connectivity index (χ0) is 23.0. The predicted molar refractivity (Wildman–Crippen MR) is 107 cm³/mol. The number of aliphatic hydroxyl groups is 2. The molecule has 0 aromatic heterocycles. The third kappa shape index (κ3) is 16.7. The number of esters is 3. The van der Waals surface area contributed by atoms with E-state index in [2.05, 4.69) is 4.74 Å². The van der Waals surface area contributed by atoms with Gasteiger partial charge in [-0.15, -0.1) is 0 Å². The second-order valence-electron chi connectivity index (χ2n) is 7.62. The van der Waals surface area contributed by atoms with Crippen molar-refractivity contribution in [2.24, 2.45) is 5.92 Å². The van der Waals surface area contributed by atoms with E-state index in [1.807, 2.05) is 0 Å². The van der Waals surface area contributed by atoms with Gasteiger partial charge in [-0.25, -0.2) is 4.79 Å². The molecule has 1 atom stereocenters. The Bertz CT molecular complexity index is 576. The molecule has 172 valence electrons. The molecule has 0 radical (unpaired) electrons. The van der Waals surface area contributed by atoms with Gasteiger partial charge in [-0.05, 0) is 39.2 Å². The van der Waals surface area contributed by atoms with E-state index >= 15 is 0 Å². The van der Waals surface area contributed by atoms with Crippen molar-refractivity contribution >= 4 is 23.9 Å². The summed E-state index contributed by atoms with van der Waals surface area (Å²) in [7, 11) is 0. The first kappa shape index (κ1) is 27.7. The maximum Gasteiger partial charge on any atom is 0.338 e. The zero-order valence-corrected chi connectivity index (χ0v) is 17.8. The fourth-order valence-corrected chi connectivity index (χ4v) is 2.45. The number of carboxylic acids is 1. The van der Waals surface area contributed by atoms with Gasteiger partial charge in [0, 0.05) is 19.1 Å². The van der Waals surface area contributed by atoms with Crippen LogP contribution in [0.15, 0.2) is 12.2 Å². The molecule has 0 rings (SSSR count). The number of hydrogen-bond acceptors (Lipinski definition) is 8. The molecule has 0 saturated heterocycles. The van der Waals surface area contributed by atoms with Crippen molar-refractivity contribution in [1.29, 1.82) is 0 Å². The lowest BCUT2D eigenvalue weighted by atomic mass is 10.00. The fourth-order valence-electron chi connectivity index (χ4n) is 2.45. The quantitative estimate of drug-likeness (QED) is 0.145. The first-order chi connectivity index (χ1) is 14.0. The van der Waals surface area contributed by atoms with E-state index in [0.29, 0.717) is 6.42 Å². The monoisotopic (exact) mass is 430 g/mol. The van der Waals surface area contributed by atoms with Crippen LogP contribution >= 0.6 is 0 Å². The highest BCUT2D eigenvalue weighted by molar-refractivity contribution is 5.93. The van der Waals surface area contributed by atoms with Gasteiger partial charge in [0.2, 0.25) is 0 Å². The minimum Gasteiger partial charge on any atom is -0.481 e. The van der Waals surface area contributed by atoms with Gasteiger partial charge in [0.1, 0.15) is 0 Å². The maximum absolute atomic E-state index is 11.7. The summed E-state index contributed by atoms with van der Waals surface area (Å²) in [4.78, 5) is 46.3. The Hall–Kier alpha value is -2.26. The molecule has 0 fully saturated rings. The van der Waals surface area contributed by atoms with Gasteiger partial charge in [0.25, 0.3) is 0 Å². The number of aliphatic hydroxyl groups excluding tert-OH is 1. The highest BCUT2D eigenvalue weighted by atomic mass is 16.6. The molecule has 0 aliphatic carbocycles. The zero-order valence-electron chi connectivity index (χ0n) is 17.8.